The molecule has 3 aromatic rings. The Kier molecular flexibility index (Phi) is 4.22. The zero-order valence-corrected chi connectivity index (χ0v) is 14.2. The van der Waals surface area contributed by atoms with E-state index in [0.29, 0.717) is 0 Å². The molecule has 3 rings (SSSR count). The van der Waals surface area contributed by atoms with Crippen LogP contribution >= 0.6 is 0 Å². The second kappa shape index (κ2) is 6.35. The molecule has 0 aliphatic rings. The summed E-state index contributed by atoms with van der Waals surface area (Å²) in [7, 11) is 1.51. The molecule has 0 fully saturated rings. The second-order valence-corrected chi connectivity index (χ2v) is 6.02. The molecule has 128 valence electrons. The van der Waals surface area contributed by atoms with E-state index in [2.05, 4.69) is 15.3 Å². The van der Waals surface area contributed by atoms with Crippen molar-refractivity contribution in [1.29, 1.82) is 0 Å². The van der Waals surface area contributed by atoms with Gasteiger partial charge in [-0.05, 0) is 25.5 Å². The molecule has 1 aromatic carbocycles. The molecule has 0 bridgehead atoms. The van der Waals surface area contributed by atoms with E-state index in [-0.39, 0.29) is 28.5 Å². The highest BCUT2D eigenvalue weighted by molar-refractivity contribution is 5.96. The first-order valence-corrected chi connectivity index (χ1v) is 7.83. The molecule has 0 saturated heterocycles. The van der Waals surface area contributed by atoms with Gasteiger partial charge >= 0.3 is 5.69 Å². The summed E-state index contributed by atoms with van der Waals surface area (Å²) in [5.41, 5.74) is 1.51. The van der Waals surface area contributed by atoms with Gasteiger partial charge in [-0.1, -0.05) is 29.8 Å². The first-order valence-electron chi connectivity index (χ1n) is 7.83. The zero-order valence-electron chi connectivity index (χ0n) is 14.2. The number of aromatic amines is 1. The monoisotopic (exact) mass is 338 g/mol. The van der Waals surface area contributed by atoms with Gasteiger partial charge in [-0.15, -0.1) is 0 Å². The van der Waals surface area contributed by atoms with Crippen molar-refractivity contribution in [1.82, 2.24) is 19.9 Å². The lowest BCUT2D eigenvalue weighted by atomic mass is 10.1. The molecule has 1 amide bonds. The molecule has 7 nitrogen and oxygen atoms in total. The van der Waals surface area contributed by atoms with Gasteiger partial charge in [0.15, 0.2) is 0 Å². The number of aromatic nitrogens is 3. The molecule has 1 unspecified atom stereocenters. The van der Waals surface area contributed by atoms with Gasteiger partial charge in [0.05, 0.1) is 17.0 Å². The van der Waals surface area contributed by atoms with Crippen molar-refractivity contribution in [2.45, 2.75) is 19.9 Å². The number of benzene rings is 1. The number of rotatable bonds is 3. The van der Waals surface area contributed by atoms with Crippen LogP contribution in [0.2, 0.25) is 0 Å². The van der Waals surface area contributed by atoms with E-state index in [9.17, 15) is 14.4 Å². The van der Waals surface area contributed by atoms with Crippen molar-refractivity contribution < 1.29 is 4.79 Å². The lowest BCUT2D eigenvalue weighted by molar-refractivity contribution is 0.0939. The minimum absolute atomic E-state index is 0.192. The summed E-state index contributed by atoms with van der Waals surface area (Å²) in [6.07, 6.45) is 1.36. The van der Waals surface area contributed by atoms with Gasteiger partial charge in [0.1, 0.15) is 5.65 Å². The minimum atomic E-state index is -0.563. The van der Waals surface area contributed by atoms with Crippen molar-refractivity contribution in [3.05, 3.63) is 74.1 Å². The minimum Gasteiger partial charge on any atom is -0.345 e. The van der Waals surface area contributed by atoms with Crippen LogP contribution in [0.1, 0.15) is 34.5 Å². The molecule has 0 aliphatic heterocycles. The van der Waals surface area contributed by atoms with E-state index in [1.54, 1.807) is 0 Å². The maximum Gasteiger partial charge on any atom is 0.329 e. The van der Waals surface area contributed by atoms with Crippen LogP contribution in [0.15, 0.2) is 46.1 Å². The van der Waals surface area contributed by atoms with Gasteiger partial charge in [-0.25, -0.2) is 9.78 Å². The third-order valence-corrected chi connectivity index (χ3v) is 4.14. The van der Waals surface area contributed by atoms with E-state index in [1.165, 1.54) is 23.9 Å². The number of hydrogen-bond acceptors (Lipinski definition) is 4. The number of hydrogen-bond donors (Lipinski definition) is 2. The number of fused-ring (bicyclic) bond motifs is 1. The summed E-state index contributed by atoms with van der Waals surface area (Å²) < 4.78 is 1.23. The first kappa shape index (κ1) is 16.6. The van der Waals surface area contributed by atoms with Crippen LogP contribution < -0.4 is 16.6 Å². The lowest BCUT2D eigenvalue weighted by Crippen LogP contribution is -2.30. The van der Waals surface area contributed by atoms with Gasteiger partial charge in [-0.3, -0.25) is 19.1 Å². The molecule has 0 radical (unpaired) electrons. The molecular weight excluding hydrogens is 320 g/mol. The number of pyridine rings is 1. The summed E-state index contributed by atoms with van der Waals surface area (Å²) in [4.78, 5) is 42.3. The topological polar surface area (TPSA) is 96.8 Å². The van der Waals surface area contributed by atoms with Gasteiger partial charge in [0, 0.05) is 13.2 Å². The Balaban J connectivity index is 1.91. The van der Waals surface area contributed by atoms with Crippen molar-refractivity contribution in [3.8, 4) is 0 Å². The lowest BCUT2D eigenvalue weighted by Gasteiger charge is -2.15. The summed E-state index contributed by atoms with van der Waals surface area (Å²) >= 11 is 0. The third kappa shape index (κ3) is 3.21. The maximum absolute atomic E-state index is 12.5. The van der Waals surface area contributed by atoms with Crippen molar-refractivity contribution in [3.63, 3.8) is 0 Å². The first-order chi connectivity index (χ1) is 11.9. The Hall–Kier alpha value is -3.22. The normalized spacial score (nSPS) is 12.1. The van der Waals surface area contributed by atoms with Crippen molar-refractivity contribution in [2.24, 2.45) is 7.05 Å². The molecule has 0 aliphatic carbocycles. The largest absolute Gasteiger partial charge is 0.345 e. The molecular formula is C18H18N4O3. The van der Waals surface area contributed by atoms with Crippen LogP contribution in [0, 0.1) is 6.92 Å². The van der Waals surface area contributed by atoms with E-state index in [1.807, 2.05) is 38.1 Å². The highest BCUT2D eigenvalue weighted by atomic mass is 16.2. The Labute approximate surface area is 143 Å². The molecule has 2 N–H and O–H groups in total. The summed E-state index contributed by atoms with van der Waals surface area (Å²) in [5, 5.41) is 3.07. The van der Waals surface area contributed by atoms with E-state index in [0.717, 1.165) is 11.1 Å². The fraction of sp³-hybridized carbons (Fsp3) is 0.222. The second-order valence-electron chi connectivity index (χ2n) is 6.02. The number of carbonyl (C=O) groups excluding carboxylic acids is 1. The zero-order chi connectivity index (χ0) is 18.1. The molecule has 0 spiro atoms. The number of nitrogens with zero attached hydrogens (tertiary/aromatic N) is 2. The standard InChI is InChI=1S/C18H18N4O3/c1-10-4-6-12(7-5-10)11(2)20-16(23)13-8-14-15(19-9-13)22(3)18(25)21-17(14)24/h4-9,11H,1-3H3,(H,20,23)(H,21,24,25). The Morgan fingerprint density at radius 2 is 1.92 bits per heavy atom. The number of H-pyrrole nitrogens is 1. The van der Waals surface area contributed by atoms with E-state index < -0.39 is 11.2 Å². The van der Waals surface area contributed by atoms with Crippen LogP contribution in [0.25, 0.3) is 11.0 Å². The number of carbonyl (C=O) groups is 1. The predicted molar refractivity (Wildman–Crippen MR) is 94.7 cm³/mol. The smallest absolute Gasteiger partial charge is 0.329 e. The summed E-state index contributed by atoms with van der Waals surface area (Å²) in [6, 6.07) is 9.13. The fourth-order valence-electron chi connectivity index (χ4n) is 2.58. The van der Waals surface area contributed by atoms with Gasteiger partial charge in [-0.2, -0.15) is 0 Å². The SMILES string of the molecule is Cc1ccc(C(C)NC(=O)c2cnc3c(c2)c(=O)[nH]c(=O)n3C)cc1. The van der Waals surface area contributed by atoms with Crippen LogP contribution in [-0.4, -0.2) is 20.4 Å². The molecule has 7 heteroatoms. The molecule has 25 heavy (non-hydrogen) atoms. The quantitative estimate of drug-likeness (QED) is 0.755. The van der Waals surface area contributed by atoms with Crippen LogP contribution in [0.3, 0.4) is 0 Å². The van der Waals surface area contributed by atoms with Gasteiger partial charge in [0.25, 0.3) is 11.5 Å². The Morgan fingerprint density at radius 1 is 1.24 bits per heavy atom. The van der Waals surface area contributed by atoms with Crippen molar-refractivity contribution in [2.75, 3.05) is 0 Å². The average molecular weight is 338 g/mol. The van der Waals surface area contributed by atoms with Crippen LogP contribution in [0.4, 0.5) is 0 Å². The van der Waals surface area contributed by atoms with Crippen LogP contribution in [-0.2, 0) is 7.05 Å². The number of aryl methyl sites for hydroxylation is 2. The van der Waals surface area contributed by atoms with Crippen LogP contribution in [0.5, 0.6) is 0 Å². The average Bonchev–Trinajstić information content (AvgIpc) is 2.59. The van der Waals surface area contributed by atoms with Gasteiger partial charge in [0.2, 0.25) is 0 Å². The summed E-state index contributed by atoms with van der Waals surface area (Å²) in [5.74, 6) is -0.337. The maximum atomic E-state index is 12.5. The number of nitrogens with one attached hydrogen (secondary N) is 2. The number of amides is 1. The Bertz CT molecular complexity index is 1060. The predicted octanol–water partition coefficient (Wildman–Crippen LogP) is 1.42. The van der Waals surface area contributed by atoms with E-state index >= 15 is 0 Å². The molecule has 0 saturated carbocycles. The molecule has 2 aromatic heterocycles. The molecule has 1 atom stereocenters. The fourth-order valence-corrected chi connectivity index (χ4v) is 2.58. The van der Waals surface area contributed by atoms with Gasteiger partial charge < -0.3 is 5.32 Å². The summed E-state index contributed by atoms with van der Waals surface area (Å²) in [6.45, 7) is 3.88. The Morgan fingerprint density at radius 3 is 2.60 bits per heavy atom. The van der Waals surface area contributed by atoms with Crippen molar-refractivity contribution >= 4 is 16.9 Å². The third-order valence-electron chi connectivity index (χ3n) is 4.14. The highest BCUT2D eigenvalue weighted by Crippen LogP contribution is 2.14. The highest BCUT2D eigenvalue weighted by Gasteiger charge is 2.14. The van der Waals surface area contributed by atoms with E-state index in [4.69, 9.17) is 0 Å². The molecule has 2 heterocycles.